The number of hydrogen-bond donors (Lipinski definition) is 0. The molecule has 0 aliphatic carbocycles. The van der Waals surface area contributed by atoms with Gasteiger partial charge in [0.15, 0.2) is 0 Å². The van der Waals surface area contributed by atoms with E-state index in [0.717, 1.165) is 11.5 Å². The van der Waals surface area contributed by atoms with E-state index in [1.807, 2.05) is 0 Å². The molecular weight excluding hydrogens is 290 g/mol. The van der Waals surface area contributed by atoms with Crippen LogP contribution in [-0.2, 0) is 9.59 Å². The van der Waals surface area contributed by atoms with Gasteiger partial charge in [0.25, 0.3) is 0 Å². The second-order valence-corrected chi connectivity index (χ2v) is 7.01. The Hall–Kier alpha value is -0.650. The molecule has 18 heavy (non-hydrogen) atoms. The monoisotopic (exact) mass is 299 g/mol. The van der Waals surface area contributed by atoms with E-state index in [1.54, 1.807) is 47.8 Å². The predicted molar refractivity (Wildman–Crippen MR) is 76.4 cm³/mol. The topological polar surface area (TPSA) is 37.4 Å². The van der Waals surface area contributed by atoms with Crippen molar-refractivity contribution < 1.29 is 9.59 Å². The minimum atomic E-state index is -0.216. The summed E-state index contributed by atoms with van der Waals surface area (Å²) in [5.74, 6) is 1.67. The number of benzene rings is 1. The molecule has 0 N–H and O–H groups in total. The van der Waals surface area contributed by atoms with E-state index >= 15 is 0 Å². The van der Waals surface area contributed by atoms with Gasteiger partial charge in [-0.25, -0.2) is 4.90 Å². The zero-order chi connectivity index (χ0) is 12.7. The number of carbonyl (C=O) groups is 2. The fourth-order valence-corrected chi connectivity index (χ4v) is 5.09. The molecule has 2 amide bonds. The van der Waals surface area contributed by atoms with Crippen molar-refractivity contribution in [3.8, 4) is 0 Å². The summed E-state index contributed by atoms with van der Waals surface area (Å²) in [6, 6.07) is 6.81. The lowest BCUT2D eigenvalue weighted by atomic mass is 10.3. The third-order valence-electron chi connectivity index (χ3n) is 2.97. The Morgan fingerprint density at radius 3 is 2.00 bits per heavy atom. The summed E-state index contributed by atoms with van der Waals surface area (Å²) < 4.78 is 0. The van der Waals surface area contributed by atoms with Crippen molar-refractivity contribution in [3.05, 3.63) is 29.3 Å². The number of nitrogens with zero attached hydrogens (tertiary/aromatic N) is 1. The van der Waals surface area contributed by atoms with E-state index in [9.17, 15) is 9.59 Å². The van der Waals surface area contributed by atoms with E-state index < -0.39 is 0 Å². The number of hydrogen-bond acceptors (Lipinski definition) is 4. The minimum absolute atomic E-state index is 0.0930. The van der Waals surface area contributed by atoms with Crippen LogP contribution in [0.25, 0.3) is 0 Å². The Kier molecular flexibility index (Phi) is 3.30. The van der Waals surface area contributed by atoms with Crippen LogP contribution in [0, 0.1) is 0 Å². The van der Waals surface area contributed by atoms with Crippen LogP contribution in [0.1, 0.15) is 0 Å². The van der Waals surface area contributed by atoms with Gasteiger partial charge in [-0.3, -0.25) is 9.59 Å². The first kappa shape index (κ1) is 12.4. The first-order valence-electron chi connectivity index (χ1n) is 5.55. The van der Waals surface area contributed by atoms with Crippen molar-refractivity contribution in [2.45, 2.75) is 10.5 Å². The van der Waals surface area contributed by atoms with E-state index in [0.29, 0.717) is 10.7 Å². The first-order chi connectivity index (χ1) is 8.68. The van der Waals surface area contributed by atoms with Crippen molar-refractivity contribution >= 4 is 52.6 Å². The molecule has 3 rings (SSSR count). The number of amides is 2. The van der Waals surface area contributed by atoms with Gasteiger partial charge >= 0.3 is 0 Å². The summed E-state index contributed by atoms with van der Waals surface area (Å²) in [6.07, 6.45) is 0. The van der Waals surface area contributed by atoms with Gasteiger partial charge in [0.1, 0.15) is 10.5 Å². The molecule has 1 aromatic carbocycles. The van der Waals surface area contributed by atoms with Crippen LogP contribution in [0.5, 0.6) is 0 Å². The zero-order valence-corrected chi connectivity index (χ0v) is 11.7. The molecule has 94 valence electrons. The fourth-order valence-electron chi connectivity index (χ4n) is 2.13. The van der Waals surface area contributed by atoms with Crippen molar-refractivity contribution in [3.63, 3.8) is 0 Å². The third kappa shape index (κ3) is 1.94. The molecule has 0 radical (unpaired) electrons. The van der Waals surface area contributed by atoms with Crippen LogP contribution >= 0.6 is 35.1 Å². The molecule has 2 aliphatic heterocycles. The maximum atomic E-state index is 12.3. The zero-order valence-electron chi connectivity index (χ0n) is 9.34. The first-order valence-corrected chi connectivity index (χ1v) is 8.02. The molecule has 0 saturated carbocycles. The highest BCUT2D eigenvalue weighted by molar-refractivity contribution is 8.08. The number of carbonyl (C=O) groups excluding carboxylic acids is 2. The molecule has 1 aromatic rings. The van der Waals surface area contributed by atoms with Gasteiger partial charge < -0.3 is 0 Å². The van der Waals surface area contributed by atoms with E-state index in [2.05, 4.69) is 0 Å². The lowest BCUT2D eigenvalue weighted by Gasteiger charge is -2.19. The number of fused-ring (bicyclic) bond motifs is 1. The molecule has 0 spiro atoms. The van der Waals surface area contributed by atoms with Crippen LogP contribution in [0.15, 0.2) is 24.3 Å². The summed E-state index contributed by atoms with van der Waals surface area (Å²) in [7, 11) is 0. The lowest BCUT2D eigenvalue weighted by molar-refractivity contribution is -0.121. The van der Waals surface area contributed by atoms with Gasteiger partial charge in [0.05, 0.1) is 5.69 Å². The van der Waals surface area contributed by atoms with Crippen molar-refractivity contribution in [1.29, 1.82) is 0 Å². The van der Waals surface area contributed by atoms with Crippen LogP contribution in [0.2, 0.25) is 5.02 Å². The van der Waals surface area contributed by atoms with Gasteiger partial charge in [-0.15, -0.1) is 23.5 Å². The average molecular weight is 300 g/mol. The normalized spacial score (nSPS) is 27.5. The molecular formula is C12H10ClNO2S2. The summed E-state index contributed by atoms with van der Waals surface area (Å²) in [5.41, 5.74) is 0.616. The van der Waals surface area contributed by atoms with E-state index in [4.69, 9.17) is 11.6 Å². The summed E-state index contributed by atoms with van der Waals surface area (Å²) in [5, 5.41) is 0.165. The highest BCUT2D eigenvalue weighted by atomic mass is 35.5. The highest BCUT2D eigenvalue weighted by Crippen LogP contribution is 2.40. The van der Waals surface area contributed by atoms with E-state index in [-0.39, 0.29) is 22.3 Å². The van der Waals surface area contributed by atoms with Gasteiger partial charge in [-0.2, -0.15) is 0 Å². The fraction of sp³-hybridized carbons (Fsp3) is 0.333. The smallest absolute Gasteiger partial charge is 0.248 e. The number of rotatable bonds is 1. The molecule has 2 aliphatic rings. The molecule has 2 fully saturated rings. The molecule has 6 heteroatoms. The van der Waals surface area contributed by atoms with Gasteiger partial charge in [0, 0.05) is 16.5 Å². The number of anilines is 1. The molecule has 2 atom stereocenters. The van der Waals surface area contributed by atoms with Crippen molar-refractivity contribution in [2.75, 3.05) is 16.4 Å². The van der Waals surface area contributed by atoms with Crippen LogP contribution < -0.4 is 4.90 Å². The highest BCUT2D eigenvalue weighted by Gasteiger charge is 2.50. The standard InChI is InChI=1S/C12H10ClNO2S2/c13-7-1-3-8(4-2-7)14-11(15)9-10(12(14)16)18-6-5-17-9/h1-4,9-10H,5-6H2. The Balaban J connectivity index is 1.95. The quantitative estimate of drug-likeness (QED) is 0.747. The molecule has 0 aromatic heterocycles. The van der Waals surface area contributed by atoms with Crippen molar-refractivity contribution in [1.82, 2.24) is 0 Å². The Morgan fingerprint density at radius 1 is 1.00 bits per heavy atom. The molecule has 2 heterocycles. The van der Waals surface area contributed by atoms with Gasteiger partial charge in [-0.1, -0.05) is 11.6 Å². The predicted octanol–water partition coefficient (Wildman–Crippen LogP) is 2.43. The van der Waals surface area contributed by atoms with Crippen LogP contribution in [0.3, 0.4) is 0 Å². The number of thioether (sulfide) groups is 2. The van der Waals surface area contributed by atoms with Crippen LogP contribution in [0.4, 0.5) is 5.69 Å². The molecule has 0 bridgehead atoms. The van der Waals surface area contributed by atoms with Gasteiger partial charge in [-0.05, 0) is 24.3 Å². The maximum Gasteiger partial charge on any atom is 0.248 e. The SMILES string of the molecule is O=C1C2SCCSC2C(=O)N1c1ccc(Cl)cc1. The molecule has 2 unspecified atom stereocenters. The molecule has 3 nitrogen and oxygen atoms in total. The second-order valence-electron chi connectivity index (χ2n) is 4.07. The summed E-state index contributed by atoms with van der Waals surface area (Å²) in [4.78, 5) is 25.8. The summed E-state index contributed by atoms with van der Waals surface area (Å²) in [6.45, 7) is 0. The largest absolute Gasteiger partial charge is 0.273 e. The van der Waals surface area contributed by atoms with Crippen molar-refractivity contribution in [2.24, 2.45) is 0 Å². The number of imide groups is 1. The third-order valence-corrected chi connectivity index (χ3v) is 6.19. The average Bonchev–Trinajstić information content (AvgIpc) is 2.64. The Labute approximate surface area is 118 Å². The summed E-state index contributed by atoms with van der Waals surface area (Å²) >= 11 is 8.99. The lowest BCUT2D eigenvalue weighted by Crippen LogP contribution is -2.31. The Bertz CT molecular complexity index is 481. The Morgan fingerprint density at radius 2 is 1.50 bits per heavy atom. The van der Waals surface area contributed by atoms with E-state index in [1.165, 1.54) is 4.90 Å². The minimum Gasteiger partial charge on any atom is -0.273 e. The van der Waals surface area contributed by atoms with Gasteiger partial charge in [0.2, 0.25) is 11.8 Å². The maximum absolute atomic E-state index is 12.3. The second kappa shape index (κ2) is 4.79. The number of halogens is 1. The van der Waals surface area contributed by atoms with Crippen LogP contribution in [-0.4, -0.2) is 33.8 Å². The molecule has 2 saturated heterocycles.